The molecule has 5 heteroatoms. The number of carboxylic acid groups (broad SMARTS) is 1. The molecule has 4 unspecified atom stereocenters. The van der Waals surface area contributed by atoms with Gasteiger partial charge in [0.2, 0.25) is 0 Å². The minimum Gasteiger partial charge on any atom is -0.481 e. The minimum atomic E-state index is -0.924. The maximum absolute atomic E-state index is 12.5. The Hall–Kier alpha value is -3.60. The fourth-order valence-corrected chi connectivity index (χ4v) is 5.65. The van der Waals surface area contributed by atoms with Gasteiger partial charge in [0.05, 0.1) is 12.5 Å². The Morgan fingerprint density at radius 3 is 2.55 bits per heavy atom. The second-order valence-electron chi connectivity index (χ2n) is 10.5. The first-order chi connectivity index (χ1) is 18.5. The number of fused-ring (bicyclic) bond motifs is 1. The van der Waals surface area contributed by atoms with Crippen molar-refractivity contribution in [3.63, 3.8) is 0 Å². The van der Waals surface area contributed by atoms with Crippen LogP contribution in [0.5, 0.6) is 0 Å². The van der Waals surface area contributed by atoms with Gasteiger partial charge < -0.3 is 15.7 Å². The van der Waals surface area contributed by atoms with Crippen LogP contribution in [0.2, 0.25) is 0 Å². The molecule has 2 aromatic carbocycles. The lowest BCUT2D eigenvalue weighted by Crippen LogP contribution is -2.27. The van der Waals surface area contributed by atoms with E-state index in [4.69, 9.17) is 5.11 Å². The average Bonchev–Trinajstić information content (AvgIpc) is 3.35. The summed E-state index contributed by atoms with van der Waals surface area (Å²) in [6.45, 7) is 4.64. The van der Waals surface area contributed by atoms with Crippen LogP contribution in [0.15, 0.2) is 84.6 Å². The fraction of sp³-hybridized carbons (Fsp3) is 0.394. The van der Waals surface area contributed by atoms with Crippen LogP contribution in [0.3, 0.4) is 0 Å². The smallest absolute Gasteiger partial charge is 0.305 e. The van der Waals surface area contributed by atoms with E-state index in [1.54, 1.807) is 0 Å². The number of aryl methyl sites for hydroxylation is 1. The van der Waals surface area contributed by atoms with Crippen molar-refractivity contribution < 1.29 is 14.7 Å². The monoisotopic (exact) mass is 512 g/mol. The summed E-state index contributed by atoms with van der Waals surface area (Å²) in [7, 11) is 0. The highest BCUT2D eigenvalue weighted by Crippen LogP contribution is 2.45. The molecule has 38 heavy (non-hydrogen) atoms. The highest BCUT2D eigenvalue weighted by atomic mass is 16.4. The van der Waals surface area contributed by atoms with E-state index in [0.717, 1.165) is 6.42 Å². The van der Waals surface area contributed by atoms with Crippen molar-refractivity contribution in [1.82, 2.24) is 10.6 Å². The van der Waals surface area contributed by atoms with Gasteiger partial charge in [-0.2, -0.15) is 0 Å². The highest BCUT2D eigenvalue weighted by molar-refractivity contribution is 5.94. The SMILES string of the molecule is CCCCCCc1cccc(C(C2=CNC3C=CC=CC23)C(C)c2ccc(C(=O)NCCC(=O)O)cc2)c1. The predicted octanol–water partition coefficient (Wildman–Crippen LogP) is 6.50. The number of benzene rings is 2. The summed E-state index contributed by atoms with van der Waals surface area (Å²) in [5.74, 6) is -0.464. The minimum absolute atomic E-state index is 0.0881. The summed E-state index contributed by atoms with van der Waals surface area (Å²) >= 11 is 0. The maximum Gasteiger partial charge on any atom is 0.305 e. The number of rotatable bonds is 13. The molecule has 5 nitrogen and oxygen atoms in total. The third-order valence-electron chi connectivity index (χ3n) is 7.77. The van der Waals surface area contributed by atoms with Gasteiger partial charge in [-0.15, -0.1) is 0 Å². The van der Waals surface area contributed by atoms with Gasteiger partial charge in [0.1, 0.15) is 0 Å². The van der Waals surface area contributed by atoms with Gasteiger partial charge in [0, 0.05) is 23.9 Å². The van der Waals surface area contributed by atoms with Crippen molar-refractivity contribution in [1.29, 1.82) is 0 Å². The molecule has 3 N–H and O–H groups in total. The number of nitrogens with one attached hydrogen (secondary N) is 2. The Morgan fingerprint density at radius 2 is 1.79 bits per heavy atom. The summed E-state index contributed by atoms with van der Waals surface area (Å²) < 4.78 is 0. The molecule has 1 aliphatic carbocycles. The number of hydrogen-bond acceptors (Lipinski definition) is 3. The molecule has 0 bridgehead atoms. The molecule has 1 amide bonds. The van der Waals surface area contributed by atoms with Crippen LogP contribution in [0.25, 0.3) is 0 Å². The van der Waals surface area contributed by atoms with E-state index in [-0.39, 0.29) is 30.7 Å². The molecule has 0 saturated heterocycles. The molecular formula is C33H40N2O3. The van der Waals surface area contributed by atoms with Crippen molar-refractivity contribution in [2.45, 2.75) is 70.3 Å². The van der Waals surface area contributed by atoms with Crippen LogP contribution in [-0.2, 0) is 11.2 Å². The molecule has 4 atom stereocenters. The van der Waals surface area contributed by atoms with E-state index in [1.165, 1.54) is 47.9 Å². The van der Waals surface area contributed by atoms with Gasteiger partial charge in [0.15, 0.2) is 0 Å². The fourth-order valence-electron chi connectivity index (χ4n) is 5.65. The summed E-state index contributed by atoms with van der Waals surface area (Å²) in [6.07, 6.45) is 17.0. The third kappa shape index (κ3) is 6.83. The van der Waals surface area contributed by atoms with Crippen LogP contribution >= 0.6 is 0 Å². The van der Waals surface area contributed by atoms with Gasteiger partial charge in [-0.25, -0.2) is 0 Å². The molecule has 0 radical (unpaired) electrons. The second kappa shape index (κ2) is 13.3. The lowest BCUT2D eigenvalue weighted by Gasteiger charge is -2.31. The predicted molar refractivity (Wildman–Crippen MR) is 153 cm³/mol. The number of allylic oxidation sites excluding steroid dienone is 2. The summed E-state index contributed by atoms with van der Waals surface area (Å²) in [5.41, 5.74) is 5.83. The quantitative estimate of drug-likeness (QED) is 0.268. The number of amides is 1. The molecule has 200 valence electrons. The van der Waals surface area contributed by atoms with Crippen LogP contribution in [-0.4, -0.2) is 29.6 Å². The molecule has 0 aromatic heterocycles. The Kier molecular flexibility index (Phi) is 9.58. The summed E-state index contributed by atoms with van der Waals surface area (Å²) in [5, 5.41) is 15.1. The highest BCUT2D eigenvalue weighted by Gasteiger charge is 2.35. The molecule has 1 aliphatic heterocycles. The average molecular weight is 513 g/mol. The number of carbonyl (C=O) groups is 2. The van der Waals surface area contributed by atoms with Gasteiger partial charge >= 0.3 is 5.97 Å². The van der Waals surface area contributed by atoms with E-state index in [9.17, 15) is 9.59 Å². The van der Waals surface area contributed by atoms with Gasteiger partial charge in [-0.1, -0.05) is 93.8 Å². The molecule has 1 heterocycles. The lowest BCUT2D eigenvalue weighted by atomic mass is 9.72. The first kappa shape index (κ1) is 27.4. The summed E-state index contributed by atoms with van der Waals surface area (Å²) in [4.78, 5) is 23.2. The zero-order valence-electron chi connectivity index (χ0n) is 22.5. The van der Waals surface area contributed by atoms with Crippen LogP contribution in [0, 0.1) is 5.92 Å². The molecule has 2 aromatic rings. The Bertz CT molecular complexity index is 1190. The lowest BCUT2D eigenvalue weighted by molar-refractivity contribution is -0.136. The number of hydrogen-bond donors (Lipinski definition) is 3. The number of unbranched alkanes of at least 4 members (excludes halogenated alkanes) is 3. The number of carbonyl (C=O) groups excluding carboxylic acids is 1. The van der Waals surface area contributed by atoms with Gasteiger partial charge in [-0.3, -0.25) is 9.59 Å². The van der Waals surface area contributed by atoms with E-state index in [2.05, 4.69) is 79.3 Å². The number of carboxylic acids is 1. The van der Waals surface area contributed by atoms with Crippen LogP contribution in [0.4, 0.5) is 0 Å². The van der Waals surface area contributed by atoms with E-state index < -0.39 is 5.97 Å². The van der Waals surface area contributed by atoms with Crippen LogP contribution < -0.4 is 10.6 Å². The number of aliphatic carboxylic acids is 1. The molecule has 4 rings (SSSR count). The maximum atomic E-state index is 12.5. The van der Waals surface area contributed by atoms with Crippen LogP contribution in [0.1, 0.15) is 84.8 Å². The Labute approximate surface area is 226 Å². The van der Waals surface area contributed by atoms with Crippen molar-refractivity contribution in [3.8, 4) is 0 Å². The zero-order valence-corrected chi connectivity index (χ0v) is 22.5. The molecular weight excluding hydrogens is 472 g/mol. The normalized spacial score (nSPS) is 19.3. The van der Waals surface area contributed by atoms with E-state index in [0.29, 0.717) is 17.5 Å². The third-order valence-corrected chi connectivity index (χ3v) is 7.77. The largest absolute Gasteiger partial charge is 0.481 e. The molecule has 2 aliphatic rings. The van der Waals surface area contributed by atoms with Gasteiger partial charge in [-0.05, 0) is 59.4 Å². The molecule has 0 spiro atoms. The molecule has 0 saturated carbocycles. The van der Waals surface area contributed by atoms with Gasteiger partial charge in [0.25, 0.3) is 5.91 Å². The van der Waals surface area contributed by atoms with Crippen molar-refractivity contribution in [3.05, 3.63) is 107 Å². The first-order valence-corrected chi connectivity index (χ1v) is 14.0. The Balaban J connectivity index is 1.57. The van der Waals surface area contributed by atoms with E-state index >= 15 is 0 Å². The zero-order chi connectivity index (χ0) is 26.9. The van der Waals surface area contributed by atoms with Crippen molar-refractivity contribution >= 4 is 11.9 Å². The Morgan fingerprint density at radius 1 is 1.00 bits per heavy atom. The summed E-state index contributed by atoms with van der Waals surface area (Å²) in [6, 6.07) is 17.2. The topological polar surface area (TPSA) is 78.4 Å². The first-order valence-electron chi connectivity index (χ1n) is 14.0. The molecule has 0 fully saturated rings. The van der Waals surface area contributed by atoms with Crippen molar-refractivity contribution in [2.24, 2.45) is 5.92 Å². The van der Waals surface area contributed by atoms with E-state index in [1.807, 2.05) is 24.3 Å². The second-order valence-corrected chi connectivity index (χ2v) is 10.5. The van der Waals surface area contributed by atoms with Crippen molar-refractivity contribution in [2.75, 3.05) is 6.54 Å². The standard InChI is InChI=1S/C33H40N2O3/c1-3-4-5-6-10-24-11-9-12-27(21-24)32(29-22-35-30-14-8-7-13-28(29)30)23(2)25-15-17-26(18-16-25)33(38)34-20-19-31(36)37/h7-9,11-18,21-23,28,30,32,35H,3-6,10,19-20H2,1-2H3,(H,34,38)(H,36,37).